The predicted molar refractivity (Wildman–Crippen MR) is 79.2 cm³/mol. The fraction of sp³-hybridized carbons (Fsp3) is 0.625. The zero-order valence-electron chi connectivity index (χ0n) is 12.6. The van der Waals surface area contributed by atoms with Crippen LogP contribution < -0.4 is 5.32 Å². The number of aliphatic hydroxyl groups is 1. The van der Waals surface area contributed by atoms with E-state index >= 15 is 0 Å². The van der Waals surface area contributed by atoms with Crippen LogP contribution in [-0.2, 0) is 10.3 Å². The molecule has 0 spiro atoms. The standard InChI is InChI=1S/C16H27NO2/c1-5-17-16(13-18,11-12-19-15(2,3)4)14-9-7-6-8-10-14/h6-10,17-18H,5,11-13H2,1-4H3. The molecule has 0 saturated heterocycles. The molecule has 0 heterocycles. The summed E-state index contributed by atoms with van der Waals surface area (Å²) in [6.07, 6.45) is 0.749. The molecule has 1 aromatic rings. The van der Waals surface area contributed by atoms with Crippen LogP contribution in [0.5, 0.6) is 0 Å². The van der Waals surface area contributed by atoms with Gasteiger partial charge in [0.05, 0.1) is 17.7 Å². The Kier molecular flexibility index (Phi) is 5.98. The highest BCUT2D eigenvalue weighted by molar-refractivity contribution is 5.24. The smallest absolute Gasteiger partial charge is 0.0691 e. The molecule has 0 radical (unpaired) electrons. The summed E-state index contributed by atoms with van der Waals surface area (Å²) in [5.74, 6) is 0. The van der Waals surface area contributed by atoms with Gasteiger partial charge in [0, 0.05) is 6.61 Å². The van der Waals surface area contributed by atoms with Gasteiger partial charge >= 0.3 is 0 Å². The molecule has 0 saturated carbocycles. The van der Waals surface area contributed by atoms with Crippen molar-refractivity contribution in [3.8, 4) is 0 Å². The highest BCUT2D eigenvalue weighted by atomic mass is 16.5. The van der Waals surface area contributed by atoms with E-state index in [1.54, 1.807) is 0 Å². The van der Waals surface area contributed by atoms with Gasteiger partial charge in [-0.2, -0.15) is 0 Å². The number of nitrogens with one attached hydrogen (secondary N) is 1. The van der Waals surface area contributed by atoms with E-state index in [9.17, 15) is 5.11 Å². The molecular formula is C16H27NO2. The Bertz CT molecular complexity index is 359. The van der Waals surface area contributed by atoms with Crippen LogP contribution in [0.15, 0.2) is 30.3 Å². The number of likely N-dealkylation sites (N-methyl/N-ethyl adjacent to an activating group) is 1. The van der Waals surface area contributed by atoms with Crippen molar-refractivity contribution in [3.05, 3.63) is 35.9 Å². The summed E-state index contributed by atoms with van der Waals surface area (Å²) in [4.78, 5) is 0. The fourth-order valence-electron chi connectivity index (χ4n) is 2.19. The van der Waals surface area contributed by atoms with Gasteiger partial charge in [-0.15, -0.1) is 0 Å². The maximum Gasteiger partial charge on any atom is 0.0691 e. The lowest BCUT2D eigenvalue weighted by molar-refractivity contribution is -0.0193. The van der Waals surface area contributed by atoms with Gasteiger partial charge in [0.1, 0.15) is 0 Å². The Hall–Kier alpha value is -0.900. The molecule has 0 bridgehead atoms. The van der Waals surface area contributed by atoms with Gasteiger partial charge in [-0.1, -0.05) is 37.3 Å². The van der Waals surface area contributed by atoms with Crippen LogP contribution in [-0.4, -0.2) is 30.5 Å². The molecule has 0 aliphatic heterocycles. The molecule has 19 heavy (non-hydrogen) atoms. The third-order valence-electron chi connectivity index (χ3n) is 3.18. The van der Waals surface area contributed by atoms with Gasteiger partial charge in [-0.3, -0.25) is 0 Å². The first kappa shape index (κ1) is 16.2. The Morgan fingerprint density at radius 1 is 1.16 bits per heavy atom. The minimum absolute atomic E-state index is 0.0678. The molecule has 1 aromatic carbocycles. The van der Waals surface area contributed by atoms with Gasteiger partial charge < -0.3 is 15.2 Å². The van der Waals surface area contributed by atoms with E-state index in [-0.39, 0.29) is 12.2 Å². The second kappa shape index (κ2) is 7.04. The monoisotopic (exact) mass is 265 g/mol. The number of hydrogen-bond donors (Lipinski definition) is 2. The van der Waals surface area contributed by atoms with Crippen LogP contribution in [0, 0.1) is 0 Å². The van der Waals surface area contributed by atoms with Crippen molar-refractivity contribution in [2.75, 3.05) is 19.8 Å². The summed E-state index contributed by atoms with van der Waals surface area (Å²) in [6.45, 7) is 9.68. The predicted octanol–water partition coefficient (Wildman–Crippen LogP) is 2.69. The van der Waals surface area contributed by atoms with Gasteiger partial charge in [-0.05, 0) is 39.3 Å². The van der Waals surface area contributed by atoms with Crippen molar-refractivity contribution >= 4 is 0 Å². The molecular weight excluding hydrogens is 238 g/mol. The first-order valence-corrected chi connectivity index (χ1v) is 6.99. The summed E-state index contributed by atoms with van der Waals surface area (Å²) in [6, 6.07) is 10.1. The summed E-state index contributed by atoms with van der Waals surface area (Å²) < 4.78 is 5.80. The Morgan fingerprint density at radius 2 is 1.79 bits per heavy atom. The van der Waals surface area contributed by atoms with E-state index in [1.807, 2.05) is 39.0 Å². The SMILES string of the molecule is CCNC(CO)(CCOC(C)(C)C)c1ccccc1. The zero-order valence-corrected chi connectivity index (χ0v) is 12.6. The molecule has 0 aromatic heterocycles. The van der Waals surface area contributed by atoms with E-state index in [4.69, 9.17) is 4.74 Å². The topological polar surface area (TPSA) is 41.5 Å². The van der Waals surface area contributed by atoms with Crippen LogP contribution in [0.4, 0.5) is 0 Å². The number of benzene rings is 1. The van der Waals surface area contributed by atoms with Gasteiger partial charge in [0.2, 0.25) is 0 Å². The first-order chi connectivity index (χ1) is 8.93. The summed E-state index contributed by atoms with van der Waals surface area (Å²) in [5.41, 5.74) is 0.544. The Morgan fingerprint density at radius 3 is 2.26 bits per heavy atom. The highest BCUT2D eigenvalue weighted by Gasteiger charge is 2.30. The first-order valence-electron chi connectivity index (χ1n) is 6.99. The van der Waals surface area contributed by atoms with E-state index < -0.39 is 5.54 Å². The lowest BCUT2D eigenvalue weighted by atomic mass is 9.87. The molecule has 1 atom stereocenters. The molecule has 0 aliphatic rings. The van der Waals surface area contributed by atoms with E-state index in [1.165, 1.54) is 0 Å². The molecule has 3 heteroatoms. The average molecular weight is 265 g/mol. The fourth-order valence-corrected chi connectivity index (χ4v) is 2.19. The van der Waals surface area contributed by atoms with Crippen LogP contribution in [0.1, 0.15) is 39.7 Å². The van der Waals surface area contributed by atoms with Gasteiger partial charge in [0.15, 0.2) is 0 Å². The minimum Gasteiger partial charge on any atom is -0.394 e. The maximum absolute atomic E-state index is 9.87. The van der Waals surface area contributed by atoms with Gasteiger partial charge in [-0.25, -0.2) is 0 Å². The molecule has 108 valence electrons. The van der Waals surface area contributed by atoms with Crippen LogP contribution in [0.2, 0.25) is 0 Å². The minimum atomic E-state index is -0.415. The lowest BCUT2D eigenvalue weighted by Crippen LogP contribution is -2.46. The molecule has 2 N–H and O–H groups in total. The third-order valence-corrected chi connectivity index (χ3v) is 3.18. The van der Waals surface area contributed by atoms with Crippen molar-refractivity contribution in [3.63, 3.8) is 0 Å². The largest absolute Gasteiger partial charge is 0.394 e. The molecule has 3 nitrogen and oxygen atoms in total. The molecule has 0 amide bonds. The van der Waals surface area contributed by atoms with E-state index in [2.05, 4.69) is 24.4 Å². The second-order valence-electron chi connectivity index (χ2n) is 5.85. The number of ether oxygens (including phenoxy) is 1. The normalized spacial score (nSPS) is 15.2. The van der Waals surface area contributed by atoms with Crippen molar-refractivity contribution < 1.29 is 9.84 Å². The van der Waals surface area contributed by atoms with Crippen molar-refractivity contribution in [1.29, 1.82) is 0 Å². The van der Waals surface area contributed by atoms with Crippen molar-refractivity contribution in [2.45, 2.75) is 45.3 Å². The van der Waals surface area contributed by atoms with Crippen molar-refractivity contribution in [2.24, 2.45) is 0 Å². The van der Waals surface area contributed by atoms with Gasteiger partial charge in [0.25, 0.3) is 0 Å². The quantitative estimate of drug-likeness (QED) is 0.796. The second-order valence-corrected chi connectivity index (χ2v) is 5.85. The number of aliphatic hydroxyl groups excluding tert-OH is 1. The molecule has 0 aliphatic carbocycles. The summed E-state index contributed by atoms with van der Waals surface area (Å²) in [5, 5.41) is 13.3. The lowest BCUT2D eigenvalue weighted by Gasteiger charge is -2.34. The van der Waals surface area contributed by atoms with Crippen LogP contribution in [0.25, 0.3) is 0 Å². The van der Waals surface area contributed by atoms with Crippen LogP contribution in [0.3, 0.4) is 0 Å². The highest BCUT2D eigenvalue weighted by Crippen LogP contribution is 2.25. The summed E-state index contributed by atoms with van der Waals surface area (Å²) >= 11 is 0. The van der Waals surface area contributed by atoms with Crippen molar-refractivity contribution in [1.82, 2.24) is 5.32 Å². The third kappa shape index (κ3) is 4.94. The Labute approximate surface area is 117 Å². The summed E-state index contributed by atoms with van der Waals surface area (Å²) in [7, 11) is 0. The zero-order chi connectivity index (χ0) is 14.4. The number of rotatable bonds is 7. The Balaban J connectivity index is 2.81. The molecule has 1 unspecified atom stereocenters. The maximum atomic E-state index is 9.87. The molecule has 0 fully saturated rings. The van der Waals surface area contributed by atoms with E-state index in [0.29, 0.717) is 6.61 Å². The van der Waals surface area contributed by atoms with E-state index in [0.717, 1.165) is 18.5 Å². The number of hydrogen-bond acceptors (Lipinski definition) is 3. The molecule has 1 rings (SSSR count). The van der Waals surface area contributed by atoms with Crippen LogP contribution >= 0.6 is 0 Å². The average Bonchev–Trinajstić information content (AvgIpc) is 2.37.